The highest BCUT2D eigenvalue weighted by Gasteiger charge is 2.12. The van der Waals surface area contributed by atoms with Crippen LogP contribution in [0.1, 0.15) is 20.3 Å². The monoisotopic (exact) mass is 160 g/mol. The van der Waals surface area contributed by atoms with Crippen molar-refractivity contribution in [2.75, 3.05) is 5.88 Å². The van der Waals surface area contributed by atoms with Crippen LogP contribution < -0.4 is 0 Å². The van der Waals surface area contributed by atoms with Gasteiger partial charge in [0.25, 0.3) is 0 Å². The van der Waals surface area contributed by atoms with Gasteiger partial charge < -0.3 is 0 Å². The van der Waals surface area contributed by atoms with E-state index in [-0.39, 0.29) is 17.6 Å². The first-order valence-corrected chi connectivity index (χ1v) is 3.93. The van der Waals surface area contributed by atoms with Crippen LogP contribution in [-0.4, -0.2) is 11.7 Å². The quantitative estimate of drug-likeness (QED) is 0.456. The van der Waals surface area contributed by atoms with E-state index in [1.165, 1.54) is 0 Å². The summed E-state index contributed by atoms with van der Waals surface area (Å²) in [5, 5.41) is 0. The molecule has 0 bridgehead atoms. The molecule has 1 nitrogen and oxygen atoms in total. The third-order valence-electron chi connectivity index (χ3n) is 1.68. The number of carbonyl (C=O) groups is 1. The molecule has 0 rings (SSSR count). The Balaban J connectivity index is 3.94. The highest BCUT2D eigenvalue weighted by molar-refractivity contribution is 6.28. The number of hydrogen-bond acceptors (Lipinski definition) is 1. The smallest absolute Gasteiger partial charge is 0.154 e. The van der Waals surface area contributed by atoms with Crippen molar-refractivity contribution in [3.63, 3.8) is 0 Å². The van der Waals surface area contributed by atoms with Gasteiger partial charge in [0.2, 0.25) is 0 Å². The Bertz CT molecular complexity index is 124. The summed E-state index contributed by atoms with van der Waals surface area (Å²) in [4.78, 5) is 10.9. The van der Waals surface area contributed by atoms with E-state index in [1.807, 2.05) is 13.8 Å². The second-order valence-corrected chi connectivity index (χ2v) is 2.60. The van der Waals surface area contributed by atoms with Gasteiger partial charge in [0.15, 0.2) is 5.78 Å². The molecule has 0 spiro atoms. The summed E-state index contributed by atoms with van der Waals surface area (Å²) in [6.45, 7) is 7.59. The Morgan fingerprint density at radius 3 is 2.50 bits per heavy atom. The van der Waals surface area contributed by atoms with Crippen molar-refractivity contribution in [3.05, 3.63) is 12.2 Å². The number of hydrogen-bond donors (Lipinski definition) is 0. The predicted octanol–water partition coefficient (Wildman–Crippen LogP) is 2.40. The number of alkyl halides is 1. The molecule has 0 heterocycles. The van der Waals surface area contributed by atoms with E-state index in [4.69, 9.17) is 11.6 Å². The second-order valence-electron chi connectivity index (χ2n) is 2.33. The van der Waals surface area contributed by atoms with E-state index in [0.29, 0.717) is 0 Å². The molecular weight excluding hydrogens is 148 g/mol. The lowest BCUT2D eigenvalue weighted by Crippen LogP contribution is -2.13. The minimum atomic E-state index is -0.0671. The van der Waals surface area contributed by atoms with Gasteiger partial charge in [-0.15, -0.1) is 11.6 Å². The van der Waals surface area contributed by atoms with E-state index < -0.39 is 0 Å². The first kappa shape index (κ1) is 9.70. The first-order chi connectivity index (χ1) is 4.63. The maximum Gasteiger partial charge on any atom is 0.154 e. The third kappa shape index (κ3) is 2.53. The van der Waals surface area contributed by atoms with Gasteiger partial charge in [-0.3, -0.25) is 4.79 Å². The summed E-state index contributed by atoms with van der Waals surface area (Å²) in [6, 6.07) is 0. The molecule has 10 heavy (non-hydrogen) atoms. The van der Waals surface area contributed by atoms with Crippen LogP contribution >= 0.6 is 11.6 Å². The van der Waals surface area contributed by atoms with Gasteiger partial charge in [-0.2, -0.15) is 0 Å². The lowest BCUT2D eigenvalue weighted by molar-refractivity contribution is -0.118. The largest absolute Gasteiger partial charge is 0.298 e. The van der Waals surface area contributed by atoms with Crippen molar-refractivity contribution >= 4 is 17.4 Å². The van der Waals surface area contributed by atoms with Crippen molar-refractivity contribution in [3.8, 4) is 0 Å². The summed E-state index contributed by atoms with van der Waals surface area (Å²) in [7, 11) is 0. The van der Waals surface area contributed by atoms with Crippen molar-refractivity contribution in [2.45, 2.75) is 20.3 Å². The lowest BCUT2D eigenvalue weighted by atomic mass is 9.97. The molecule has 1 atom stereocenters. The number of allylic oxidation sites excluding steroid dienone is 1. The van der Waals surface area contributed by atoms with Crippen molar-refractivity contribution < 1.29 is 4.79 Å². The van der Waals surface area contributed by atoms with Crippen LogP contribution in [0.3, 0.4) is 0 Å². The molecule has 0 aliphatic carbocycles. The summed E-state index contributed by atoms with van der Waals surface area (Å²) >= 11 is 5.36. The molecule has 0 aliphatic rings. The van der Waals surface area contributed by atoms with Crippen LogP contribution in [0, 0.1) is 5.92 Å². The van der Waals surface area contributed by atoms with Crippen LogP contribution in [0.15, 0.2) is 12.2 Å². The molecule has 0 saturated heterocycles. The van der Waals surface area contributed by atoms with Gasteiger partial charge in [-0.25, -0.2) is 0 Å². The highest BCUT2D eigenvalue weighted by Crippen LogP contribution is 2.12. The summed E-state index contributed by atoms with van der Waals surface area (Å²) in [6.07, 6.45) is 0.851. The second kappa shape index (κ2) is 4.51. The van der Waals surface area contributed by atoms with E-state index in [1.54, 1.807) is 0 Å². The Morgan fingerprint density at radius 2 is 2.20 bits per heavy atom. The zero-order valence-electron chi connectivity index (χ0n) is 6.48. The molecule has 2 heteroatoms. The van der Waals surface area contributed by atoms with Crippen molar-refractivity contribution in [2.24, 2.45) is 5.92 Å². The van der Waals surface area contributed by atoms with Gasteiger partial charge in [0.05, 0.1) is 5.88 Å². The number of Topliss-reactive ketones (excluding diaryl/α,β-unsaturated/α-hetero) is 1. The SMILES string of the molecule is C=C(CC)C(C)C(=O)CCl. The predicted molar refractivity (Wildman–Crippen MR) is 44.3 cm³/mol. The Labute approximate surface area is 67.1 Å². The first-order valence-electron chi connectivity index (χ1n) is 3.39. The Kier molecular flexibility index (Phi) is 4.37. The average molecular weight is 161 g/mol. The highest BCUT2D eigenvalue weighted by atomic mass is 35.5. The van der Waals surface area contributed by atoms with E-state index in [9.17, 15) is 4.79 Å². The van der Waals surface area contributed by atoms with Gasteiger partial charge in [-0.1, -0.05) is 26.0 Å². The maximum atomic E-state index is 10.9. The van der Waals surface area contributed by atoms with Crippen molar-refractivity contribution in [1.29, 1.82) is 0 Å². The van der Waals surface area contributed by atoms with Gasteiger partial charge in [0, 0.05) is 5.92 Å². The van der Waals surface area contributed by atoms with Crippen molar-refractivity contribution in [1.82, 2.24) is 0 Å². The molecule has 0 radical (unpaired) electrons. The van der Waals surface area contributed by atoms with Crippen LogP contribution in [-0.2, 0) is 4.79 Å². The van der Waals surface area contributed by atoms with Crippen LogP contribution in [0.2, 0.25) is 0 Å². The Hall–Kier alpha value is -0.300. The molecule has 0 N–H and O–H groups in total. The molecule has 0 aromatic rings. The number of halogens is 1. The summed E-state index contributed by atoms with van der Waals surface area (Å²) in [5.41, 5.74) is 0.964. The van der Waals surface area contributed by atoms with E-state index >= 15 is 0 Å². The molecule has 0 aromatic heterocycles. The molecule has 58 valence electrons. The van der Waals surface area contributed by atoms with E-state index in [0.717, 1.165) is 12.0 Å². The van der Waals surface area contributed by atoms with E-state index in [2.05, 4.69) is 6.58 Å². The lowest BCUT2D eigenvalue weighted by Gasteiger charge is -2.08. The number of carbonyl (C=O) groups excluding carboxylic acids is 1. The third-order valence-corrected chi connectivity index (χ3v) is 1.94. The summed E-state index contributed by atoms with van der Waals surface area (Å²) in [5.74, 6) is 0.0937. The normalized spacial score (nSPS) is 12.7. The molecule has 1 unspecified atom stereocenters. The minimum Gasteiger partial charge on any atom is -0.298 e. The summed E-state index contributed by atoms with van der Waals surface area (Å²) < 4.78 is 0. The molecule has 0 amide bonds. The molecular formula is C8H13ClO. The zero-order valence-corrected chi connectivity index (χ0v) is 7.24. The Morgan fingerprint density at radius 1 is 1.70 bits per heavy atom. The fraction of sp³-hybridized carbons (Fsp3) is 0.625. The maximum absolute atomic E-state index is 10.9. The van der Waals surface area contributed by atoms with Gasteiger partial charge >= 0.3 is 0 Å². The zero-order chi connectivity index (χ0) is 8.15. The van der Waals surface area contributed by atoms with Crippen LogP contribution in [0.4, 0.5) is 0 Å². The van der Waals surface area contributed by atoms with Crippen LogP contribution in [0.5, 0.6) is 0 Å². The fourth-order valence-corrected chi connectivity index (χ4v) is 0.881. The molecule has 0 aromatic carbocycles. The number of rotatable bonds is 4. The molecule has 0 fully saturated rings. The molecule has 0 aliphatic heterocycles. The molecule has 0 saturated carbocycles. The standard InChI is InChI=1S/C8H13ClO/c1-4-6(2)7(3)8(10)5-9/h7H,2,4-5H2,1,3H3. The minimum absolute atomic E-state index is 0.0634. The fourth-order valence-electron chi connectivity index (χ4n) is 0.650. The topological polar surface area (TPSA) is 17.1 Å². The van der Waals surface area contributed by atoms with Gasteiger partial charge in [0.1, 0.15) is 0 Å². The number of ketones is 1. The van der Waals surface area contributed by atoms with Gasteiger partial charge in [-0.05, 0) is 6.42 Å². The average Bonchev–Trinajstić information content (AvgIpc) is 2.00. The van der Waals surface area contributed by atoms with Crippen LogP contribution in [0.25, 0.3) is 0 Å².